The highest BCUT2D eigenvalue weighted by Crippen LogP contribution is 2.54. The maximum atomic E-state index is 13.3. The van der Waals surface area contributed by atoms with Gasteiger partial charge in [0.15, 0.2) is 11.3 Å². The normalized spacial score (nSPS) is 19.5. The minimum atomic E-state index is -4.68. The van der Waals surface area contributed by atoms with Gasteiger partial charge < -0.3 is 4.74 Å². The van der Waals surface area contributed by atoms with Crippen molar-refractivity contribution in [3.05, 3.63) is 68.4 Å². The summed E-state index contributed by atoms with van der Waals surface area (Å²) in [5.41, 5.74) is -3.20. The summed E-state index contributed by atoms with van der Waals surface area (Å²) >= 11 is 5.72. The number of alkyl halides is 3. The van der Waals surface area contributed by atoms with E-state index in [1.807, 2.05) is 0 Å². The van der Waals surface area contributed by atoms with E-state index in [0.717, 1.165) is 12.1 Å². The Kier molecular flexibility index (Phi) is 5.26. The van der Waals surface area contributed by atoms with Crippen LogP contribution in [0.3, 0.4) is 0 Å². The number of benzene rings is 1. The summed E-state index contributed by atoms with van der Waals surface area (Å²) in [4.78, 5) is 3.44. The second-order valence-corrected chi connectivity index (χ2v) is 7.75. The number of nitriles is 2. The Morgan fingerprint density at radius 2 is 1.79 bits per heavy atom. The minimum absolute atomic E-state index is 0.0448. The zero-order valence-electron chi connectivity index (χ0n) is 15.5. The molecule has 0 aliphatic carbocycles. The first-order valence-electron chi connectivity index (χ1n) is 8.05. The molecule has 0 amide bonds. The summed E-state index contributed by atoms with van der Waals surface area (Å²) in [6.07, 6.45) is -4.68. The van der Waals surface area contributed by atoms with E-state index in [4.69, 9.17) is 22.9 Å². The molecule has 1 aromatic carbocycles. The van der Waals surface area contributed by atoms with E-state index in [9.17, 15) is 23.7 Å². The zero-order chi connectivity index (χ0) is 21.5. The van der Waals surface area contributed by atoms with Gasteiger partial charge >= 0.3 is 6.18 Å². The highest BCUT2D eigenvalue weighted by atomic mass is 35.5. The van der Waals surface area contributed by atoms with Gasteiger partial charge in [-0.05, 0) is 35.6 Å². The Hall–Kier alpha value is -2.95. The predicted molar refractivity (Wildman–Crippen MR) is 96.2 cm³/mol. The van der Waals surface area contributed by atoms with Crippen LogP contribution in [0.25, 0.3) is 4.85 Å². The first-order valence-corrected chi connectivity index (χ1v) is 8.42. The van der Waals surface area contributed by atoms with Crippen LogP contribution in [-0.4, -0.2) is 0 Å². The molecule has 0 fully saturated rings. The molecule has 0 radical (unpaired) electrons. The van der Waals surface area contributed by atoms with Gasteiger partial charge in [0, 0.05) is 0 Å². The van der Waals surface area contributed by atoms with E-state index in [1.165, 1.54) is 13.0 Å². The van der Waals surface area contributed by atoms with Gasteiger partial charge in [-0.1, -0.05) is 38.4 Å². The fourth-order valence-electron chi connectivity index (χ4n) is 3.36. The van der Waals surface area contributed by atoms with Crippen LogP contribution in [0, 0.1) is 34.6 Å². The molecule has 0 N–H and O–H groups in total. The fraction of sp³-hybridized carbons (Fsp3) is 0.350. The molecule has 0 spiro atoms. The van der Waals surface area contributed by atoms with Gasteiger partial charge in [0.1, 0.15) is 17.7 Å². The molecule has 0 saturated heterocycles. The summed E-state index contributed by atoms with van der Waals surface area (Å²) in [6.45, 7) is 14.4. The standard InChI is InChI=1S/C20H15ClF3N3O/c1-18(2,3)17-15(27-5)16(11(9-25)10-26)28-19(17,4)12-6-7-14(21)13(8-12)20(22,23)24/h6-8H,1-4H3. The van der Waals surface area contributed by atoms with E-state index in [0.29, 0.717) is 5.57 Å². The van der Waals surface area contributed by atoms with Crippen LogP contribution in [0.2, 0.25) is 5.02 Å². The molecule has 1 unspecified atom stereocenters. The first-order chi connectivity index (χ1) is 12.8. The monoisotopic (exact) mass is 405 g/mol. The predicted octanol–water partition coefficient (Wildman–Crippen LogP) is 6.12. The van der Waals surface area contributed by atoms with Crippen molar-refractivity contribution in [2.24, 2.45) is 5.41 Å². The molecule has 2 rings (SSSR count). The molecule has 144 valence electrons. The SMILES string of the molecule is [C-]#[N+]C1=C(C(C)(C)C)C(C)(c2ccc(Cl)c(C(F)(F)F)c2)OC1=C(C#N)C#N. The Balaban J connectivity index is 2.90. The van der Waals surface area contributed by atoms with Crippen molar-refractivity contribution >= 4 is 11.6 Å². The summed E-state index contributed by atoms with van der Waals surface area (Å²) in [7, 11) is 0. The zero-order valence-corrected chi connectivity index (χ0v) is 16.2. The third kappa shape index (κ3) is 3.44. The van der Waals surface area contributed by atoms with Crippen molar-refractivity contribution in [2.75, 3.05) is 0 Å². The van der Waals surface area contributed by atoms with E-state index in [2.05, 4.69) is 4.85 Å². The molecule has 1 aromatic rings. The second kappa shape index (κ2) is 6.89. The lowest BCUT2D eigenvalue weighted by atomic mass is 9.73. The molecule has 1 aliphatic heterocycles. The Morgan fingerprint density at radius 3 is 2.21 bits per heavy atom. The van der Waals surface area contributed by atoms with Crippen LogP contribution >= 0.6 is 11.6 Å². The van der Waals surface area contributed by atoms with Crippen molar-refractivity contribution in [2.45, 2.75) is 39.5 Å². The van der Waals surface area contributed by atoms with Crippen LogP contribution in [0.15, 0.2) is 40.8 Å². The van der Waals surface area contributed by atoms with Crippen molar-refractivity contribution in [1.82, 2.24) is 0 Å². The van der Waals surface area contributed by atoms with Crippen molar-refractivity contribution in [1.29, 1.82) is 10.5 Å². The molecule has 1 atom stereocenters. The van der Waals surface area contributed by atoms with Crippen molar-refractivity contribution in [3.63, 3.8) is 0 Å². The highest BCUT2D eigenvalue weighted by molar-refractivity contribution is 6.31. The van der Waals surface area contributed by atoms with Gasteiger partial charge in [-0.2, -0.15) is 23.7 Å². The van der Waals surface area contributed by atoms with E-state index in [1.54, 1.807) is 32.9 Å². The van der Waals surface area contributed by atoms with Crippen molar-refractivity contribution in [3.8, 4) is 12.1 Å². The van der Waals surface area contributed by atoms with Crippen LogP contribution in [0.4, 0.5) is 13.2 Å². The van der Waals surface area contributed by atoms with Crippen LogP contribution in [-0.2, 0) is 16.5 Å². The summed E-state index contributed by atoms with van der Waals surface area (Å²) < 4.78 is 45.9. The molecule has 8 heteroatoms. The lowest BCUT2D eigenvalue weighted by Gasteiger charge is -2.36. The highest BCUT2D eigenvalue weighted by Gasteiger charge is 2.49. The van der Waals surface area contributed by atoms with E-state index >= 15 is 0 Å². The molecule has 28 heavy (non-hydrogen) atoms. The molecule has 1 aliphatic rings. The average Bonchev–Trinajstić information content (AvgIpc) is 2.89. The number of rotatable bonds is 1. The third-order valence-corrected chi connectivity index (χ3v) is 4.70. The number of ether oxygens (including phenoxy) is 1. The Labute approximate surface area is 165 Å². The van der Waals surface area contributed by atoms with Gasteiger partial charge in [-0.3, -0.25) is 0 Å². The first kappa shape index (κ1) is 21.4. The van der Waals surface area contributed by atoms with Crippen LogP contribution < -0.4 is 0 Å². The Bertz CT molecular complexity index is 1010. The number of halogens is 4. The molecule has 1 heterocycles. The number of hydrogen-bond acceptors (Lipinski definition) is 3. The minimum Gasteiger partial charge on any atom is -0.489 e. The number of allylic oxidation sites excluding steroid dienone is 1. The lowest BCUT2D eigenvalue weighted by Crippen LogP contribution is -2.31. The smallest absolute Gasteiger partial charge is 0.417 e. The summed E-state index contributed by atoms with van der Waals surface area (Å²) in [5, 5.41) is 18.0. The number of nitrogens with zero attached hydrogens (tertiary/aromatic N) is 3. The molecule has 0 bridgehead atoms. The van der Waals surface area contributed by atoms with Crippen LogP contribution in [0.5, 0.6) is 0 Å². The lowest BCUT2D eigenvalue weighted by molar-refractivity contribution is -0.137. The summed E-state index contributed by atoms with van der Waals surface area (Å²) in [6, 6.07) is 6.73. The van der Waals surface area contributed by atoms with Gasteiger partial charge in [-0.25, -0.2) is 4.85 Å². The van der Waals surface area contributed by atoms with E-state index in [-0.39, 0.29) is 17.0 Å². The van der Waals surface area contributed by atoms with Gasteiger partial charge in [-0.15, -0.1) is 0 Å². The molecule has 0 aromatic heterocycles. The fourth-order valence-corrected chi connectivity index (χ4v) is 3.58. The second-order valence-electron chi connectivity index (χ2n) is 7.34. The topological polar surface area (TPSA) is 61.2 Å². The largest absolute Gasteiger partial charge is 0.489 e. The van der Waals surface area contributed by atoms with Crippen LogP contribution in [0.1, 0.15) is 38.8 Å². The average molecular weight is 406 g/mol. The molecule has 4 nitrogen and oxygen atoms in total. The van der Waals surface area contributed by atoms with Gasteiger partial charge in [0.2, 0.25) is 5.70 Å². The maximum Gasteiger partial charge on any atom is 0.417 e. The van der Waals surface area contributed by atoms with E-state index < -0.39 is 33.4 Å². The molecule has 0 saturated carbocycles. The quantitative estimate of drug-likeness (QED) is 0.417. The van der Waals surface area contributed by atoms with Crippen molar-refractivity contribution < 1.29 is 17.9 Å². The summed E-state index contributed by atoms with van der Waals surface area (Å²) in [5.74, 6) is -0.226. The number of hydrogen-bond donors (Lipinski definition) is 0. The van der Waals surface area contributed by atoms with Gasteiger partial charge in [0.25, 0.3) is 0 Å². The van der Waals surface area contributed by atoms with Gasteiger partial charge in [0.05, 0.1) is 17.2 Å². The molecular formula is C20H15ClF3N3O. The molecular weight excluding hydrogens is 391 g/mol. The Morgan fingerprint density at radius 1 is 1.21 bits per heavy atom. The third-order valence-electron chi connectivity index (χ3n) is 4.37. The maximum absolute atomic E-state index is 13.3.